The Morgan fingerprint density at radius 2 is 1.58 bits per heavy atom. The Morgan fingerprint density at radius 1 is 0.947 bits per heavy atom. The van der Waals surface area contributed by atoms with E-state index in [9.17, 15) is 8.42 Å². The predicted molar refractivity (Wildman–Crippen MR) is 77.0 cm³/mol. The normalized spacial score (nSPS) is 30.7. The second-order valence-corrected chi connectivity index (χ2v) is 8.17. The molecule has 0 spiro atoms. The first-order chi connectivity index (χ1) is 9.12. The third-order valence-electron chi connectivity index (χ3n) is 4.44. The minimum absolute atomic E-state index is 0.361. The molecule has 0 radical (unpaired) electrons. The molecule has 1 aromatic rings. The molecule has 1 N–H and O–H groups in total. The van der Waals surface area contributed by atoms with Crippen LogP contribution < -0.4 is 5.32 Å². The zero-order chi connectivity index (χ0) is 13.3. The highest BCUT2D eigenvalue weighted by atomic mass is 32.2. The minimum Gasteiger partial charge on any atom is -0.311 e. The summed E-state index contributed by atoms with van der Waals surface area (Å²) >= 11 is 0. The van der Waals surface area contributed by atoms with E-state index >= 15 is 0 Å². The van der Waals surface area contributed by atoms with Crippen LogP contribution in [0.3, 0.4) is 0 Å². The molecule has 1 saturated carbocycles. The summed E-state index contributed by atoms with van der Waals surface area (Å²) < 4.78 is 22.7. The molecule has 0 bridgehead atoms. The summed E-state index contributed by atoms with van der Waals surface area (Å²) in [5.74, 6) is 1.41. The van der Waals surface area contributed by atoms with Gasteiger partial charge in [-0.3, -0.25) is 0 Å². The van der Waals surface area contributed by atoms with Gasteiger partial charge in [-0.15, -0.1) is 0 Å². The fourth-order valence-corrected chi connectivity index (χ4v) is 4.63. The average Bonchev–Trinajstić information content (AvgIpc) is 2.36. The average molecular weight is 279 g/mol. The van der Waals surface area contributed by atoms with Gasteiger partial charge in [0, 0.05) is 12.1 Å². The van der Waals surface area contributed by atoms with E-state index in [0.29, 0.717) is 29.5 Å². The molecular weight excluding hydrogens is 258 g/mol. The zero-order valence-corrected chi connectivity index (χ0v) is 11.9. The number of nitrogens with one attached hydrogen (secondary N) is 1. The van der Waals surface area contributed by atoms with Crippen LogP contribution in [0.1, 0.15) is 37.2 Å². The van der Waals surface area contributed by atoms with E-state index < -0.39 is 9.84 Å². The van der Waals surface area contributed by atoms with Gasteiger partial charge >= 0.3 is 0 Å². The first-order valence-electron chi connectivity index (χ1n) is 7.14. The summed E-state index contributed by atoms with van der Waals surface area (Å²) in [6, 6.07) is 11.6. The van der Waals surface area contributed by atoms with Gasteiger partial charge < -0.3 is 5.32 Å². The van der Waals surface area contributed by atoms with Crippen LogP contribution in [0.15, 0.2) is 30.3 Å². The molecule has 19 heavy (non-hydrogen) atoms. The van der Waals surface area contributed by atoms with Crippen LogP contribution in [-0.4, -0.2) is 32.0 Å². The number of hydrogen-bond acceptors (Lipinski definition) is 3. The van der Waals surface area contributed by atoms with Crippen molar-refractivity contribution in [3.05, 3.63) is 35.9 Å². The Balaban J connectivity index is 1.45. The molecule has 0 aromatic heterocycles. The summed E-state index contributed by atoms with van der Waals surface area (Å²) in [4.78, 5) is 0. The molecule has 2 fully saturated rings. The number of rotatable bonds is 3. The van der Waals surface area contributed by atoms with Gasteiger partial charge in [0.1, 0.15) is 9.84 Å². The van der Waals surface area contributed by atoms with E-state index in [1.165, 1.54) is 18.4 Å². The van der Waals surface area contributed by atoms with Gasteiger partial charge in [0.2, 0.25) is 0 Å². The largest absolute Gasteiger partial charge is 0.311 e. The molecule has 1 aromatic carbocycles. The van der Waals surface area contributed by atoms with Gasteiger partial charge in [0.15, 0.2) is 0 Å². The van der Waals surface area contributed by atoms with Crippen molar-refractivity contribution >= 4 is 9.84 Å². The zero-order valence-electron chi connectivity index (χ0n) is 11.1. The van der Waals surface area contributed by atoms with Crippen LogP contribution in [0.25, 0.3) is 0 Å². The molecule has 3 rings (SSSR count). The second-order valence-electron chi connectivity index (χ2n) is 5.87. The first kappa shape index (κ1) is 13.1. The smallest absolute Gasteiger partial charge is 0.150 e. The minimum atomic E-state index is -2.73. The van der Waals surface area contributed by atoms with Gasteiger partial charge in [0.05, 0.1) is 11.5 Å². The van der Waals surface area contributed by atoms with Crippen molar-refractivity contribution in [3.63, 3.8) is 0 Å². The van der Waals surface area contributed by atoms with Gasteiger partial charge in [-0.25, -0.2) is 8.42 Å². The fraction of sp³-hybridized carbons (Fsp3) is 0.600. The quantitative estimate of drug-likeness (QED) is 0.921. The summed E-state index contributed by atoms with van der Waals surface area (Å²) in [6.07, 6.45) is 3.95. The maximum atomic E-state index is 11.4. The molecule has 1 aliphatic heterocycles. The lowest BCUT2D eigenvalue weighted by molar-refractivity contribution is 0.257. The monoisotopic (exact) mass is 279 g/mol. The molecule has 4 heteroatoms. The van der Waals surface area contributed by atoms with Gasteiger partial charge in [-0.2, -0.15) is 0 Å². The van der Waals surface area contributed by atoms with Crippen LogP contribution in [0, 0.1) is 0 Å². The van der Waals surface area contributed by atoms with Crippen molar-refractivity contribution < 1.29 is 8.42 Å². The highest BCUT2D eigenvalue weighted by molar-refractivity contribution is 7.91. The highest BCUT2D eigenvalue weighted by Crippen LogP contribution is 2.37. The summed E-state index contributed by atoms with van der Waals surface area (Å²) in [5.41, 5.74) is 1.44. The van der Waals surface area contributed by atoms with Gasteiger partial charge in [-0.1, -0.05) is 30.3 Å². The predicted octanol–water partition coefficient (Wildman–Crippen LogP) is 2.10. The Kier molecular flexibility index (Phi) is 3.63. The third kappa shape index (κ3) is 3.18. The van der Waals surface area contributed by atoms with E-state index in [1.807, 2.05) is 0 Å². The van der Waals surface area contributed by atoms with E-state index in [1.54, 1.807) is 0 Å². The summed E-state index contributed by atoms with van der Waals surface area (Å²) in [7, 11) is -2.73. The molecule has 0 atom stereocenters. The fourth-order valence-electron chi connectivity index (χ4n) is 3.14. The lowest BCUT2D eigenvalue weighted by Crippen LogP contribution is -2.48. The van der Waals surface area contributed by atoms with Crippen molar-refractivity contribution in [1.29, 1.82) is 0 Å². The molecule has 1 heterocycles. The highest BCUT2D eigenvalue weighted by Gasteiger charge is 2.33. The molecule has 1 aliphatic carbocycles. The molecule has 2 aliphatic rings. The maximum Gasteiger partial charge on any atom is 0.150 e. The topological polar surface area (TPSA) is 46.2 Å². The Hall–Kier alpha value is -0.870. The Bertz CT molecular complexity index is 506. The van der Waals surface area contributed by atoms with Crippen molar-refractivity contribution in [2.75, 3.05) is 11.5 Å². The second kappa shape index (κ2) is 5.25. The molecule has 3 nitrogen and oxygen atoms in total. The van der Waals surface area contributed by atoms with Crippen molar-refractivity contribution in [2.24, 2.45) is 0 Å². The van der Waals surface area contributed by atoms with E-state index in [4.69, 9.17) is 0 Å². The SMILES string of the molecule is O=S1(=O)CCC(NC2CC(c3ccccc3)C2)CC1. The molecular formula is C15H21NO2S. The van der Waals surface area contributed by atoms with Crippen LogP contribution >= 0.6 is 0 Å². The molecule has 1 saturated heterocycles. The van der Waals surface area contributed by atoms with E-state index in [-0.39, 0.29) is 0 Å². The van der Waals surface area contributed by atoms with Crippen LogP contribution in [-0.2, 0) is 9.84 Å². The van der Waals surface area contributed by atoms with Gasteiger partial charge in [0.25, 0.3) is 0 Å². The summed E-state index contributed by atoms with van der Waals surface area (Å²) in [6.45, 7) is 0. The third-order valence-corrected chi connectivity index (χ3v) is 6.15. The molecule has 104 valence electrons. The van der Waals surface area contributed by atoms with Crippen LogP contribution in [0.4, 0.5) is 0 Å². The molecule has 0 unspecified atom stereocenters. The Morgan fingerprint density at radius 3 is 2.21 bits per heavy atom. The first-order valence-corrected chi connectivity index (χ1v) is 8.96. The number of sulfone groups is 1. The number of benzene rings is 1. The van der Waals surface area contributed by atoms with Gasteiger partial charge in [-0.05, 0) is 37.2 Å². The van der Waals surface area contributed by atoms with Crippen LogP contribution in [0.5, 0.6) is 0 Å². The summed E-state index contributed by atoms with van der Waals surface area (Å²) in [5, 5.41) is 3.63. The van der Waals surface area contributed by atoms with Crippen molar-refractivity contribution in [1.82, 2.24) is 5.32 Å². The van der Waals surface area contributed by atoms with Crippen molar-refractivity contribution in [3.8, 4) is 0 Å². The van der Waals surface area contributed by atoms with Crippen LogP contribution in [0.2, 0.25) is 0 Å². The Labute approximate surface area is 115 Å². The maximum absolute atomic E-state index is 11.4. The lowest BCUT2D eigenvalue weighted by Gasteiger charge is -2.39. The molecule has 0 amide bonds. The standard InChI is InChI=1S/C15H21NO2S/c17-19(18)8-6-14(7-9-19)16-15-10-13(11-15)12-4-2-1-3-5-12/h1-5,13-16H,6-11H2. The van der Waals surface area contributed by atoms with Crippen molar-refractivity contribution in [2.45, 2.75) is 43.7 Å². The van der Waals surface area contributed by atoms with E-state index in [2.05, 4.69) is 35.6 Å². The number of hydrogen-bond donors (Lipinski definition) is 1. The van der Waals surface area contributed by atoms with E-state index in [0.717, 1.165) is 12.8 Å². The lowest BCUT2D eigenvalue weighted by atomic mass is 9.75.